The van der Waals surface area contributed by atoms with Gasteiger partial charge in [0.15, 0.2) is 0 Å². The second-order valence-electron chi connectivity index (χ2n) is 5.13. The van der Waals surface area contributed by atoms with E-state index < -0.39 is 5.97 Å². The smallest absolute Gasteiger partial charge is 0.303 e. The van der Waals surface area contributed by atoms with Crippen molar-refractivity contribution in [3.63, 3.8) is 0 Å². The van der Waals surface area contributed by atoms with E-state index in [2.05, 4.69) is 27.2 Å². The Morgan fingerprint density at radius 2 is 1.95 bits per heavy atom. The molecule has 21 heavy (non-hydrogen) atoms. The van der Waals surface area contributed by atoms with Gasteiger partial charge in [-0.3, -0.25) is 14.8 Å². The van der Waals surface area contributed by atoms with Gasteiger partial charge in [-0.2, -0.15) is 5.10 Å². The van der Waals surface area contributed by atoms with E-state index >= 15 is 0 Å². The fourth-order valence-electron chi connectivity index (χ4n) is 2.28. The SMILES string of the molecule is O=C(O)CCCCN(Cc1ccccc1)Cc1ccn[nH]1. The van der Waals surface area contributed by atoms with Crippen LogP contribution in [0.5, 0.6) is 0 Å². The van der Waals surface area contributed by atoms with E-state index in [1.165, 1.54) is 5.56 Å². The molecule has 5 heteroatoms. The third-order valence-corrected chi connectivity index (χ3v) is 3.32. The molecule has 2 rings (SSSR count). The molecule has 0 saturated heterocycles. The summed E-state index contributed by atoms with van der Waals surface area (Å²) in [6.07, 6.45) is 3.58. The second-order valence-corrected chi connectivity index (χ2v) is 5.13. The lowest BCUT2D eigenvalue weighted by atomic mass is 10.2. The van der Waals surface area contributed by atoms with Crippen molar-refractivity contribution < 1.29 is 9.90 Å². The minimum absolute atomic E-state index is 0.239. The first-order valence-corrected chi connectivity index (χ1v) is 7.20. The zero-order chi connectivity index (χ0) is 14.9. The number of hydrogen-bond acceptors (Lipinski definition) is 3. The molecule has 1 aromatic carbocycles. The summed E-state index contributed by atoms with van der Waals surface area (Å²) in [5.41, 5.74) is 2.33. The fraction of sp³-hybridized carbons (Fsp3) is 0.375. The summed E-state index contributed by atoms with van der Waals surface area (Å²) in [7, 11) is 0. The van der Waals surface area contributed by atoms with E-state index in [0.29, 0.717) is 6.42 Å². The highest BCUT2D eigenvalue weighted by atomic mass is 16.4. The third kappa shape index (κ3) is 5.79. The van der Waals surface area contributed by atoms with Crippen LogP contribution >= 0.6 is 0 Å². The first-order chi connectivity index (χ1) is 10.2. The Balaban J connectivity index is 1.88. The quantitative estimate of drug-likeness (QED) is 0.696. The highest BCUT2D eigenvalue weighted by Crippen LogP contribution is 2.10. The molecular formula is C16H21N3O2. The average Bonchev–Trinajstić information content (AvgIpc) is 2.97. The van der Waals surface area contributed by atoms with Gasteiger partial charge in [0.2, 0.25) is 0 Å². The van der Waals surface area contributed by atoms with Crippen molar-refractivity contribution in [1.29, 1.82) is 0 Å². The van der Waals surface area contributed by atoms with Crippen LogP contribution in [-0.2, 0) is 17.9 Å². The number of carboxylic acids is 1. The molecule has 2 N–H and O–H groups in total. The van der Waals surface area contributed by atoms with Gasteiger partial charge in [0.1, 0.15) is 0 Å². The van der Waals surface area contributed by atoms with Crippen LogP contribution < -0.4 is 0 Å². The minimum atomic E-state index is -0.724. The molecule has 1 aromatic heterocycles. The van der Waals surface area contributed by atoms with Gasteiger partial charge in [0.25, 0.3) is 0 Å². The molecule has 0 saturated carbocycles. The Morgan fingerprint density at radius 1 is 1.14 bits per heavy atom. The topological polar surface area (TPSA) is 69.2 Å². The number of nitrogens with zero attached hydrogens (tertiary/aromatic N) is 2. The molecule has 0 radical (unpaired) electrons. The van der Waals surface area contributed by atoms with Crippen LogP contribution in [0.4, 0.5) is 0 Å². The van der Waals surface area contributed by atoms with Gasteiger partial charge < -0.3 is 5.11 Å². The maximum absolute atomic E-state index is 10.6. The van der Waals surface area contributed by atoms with E-state index in [4.69, 9.17) is 5.11 Å². The predicted molar refractivity (Wildman–Crippen MR) is 80.6 cm³/mol. The van der Waals surface area contributed by atoms with Gasteiger partial charge in [-0.05, 0) is 31.0 Å². The van der Waals surface area contributed by atoms with Gasteiger partial charge >= 0.3 is 5.97 Å². The van der Waals surface area contributed by atoms with Crippen molar-refractivity contribution >= 4 is 5.97 Å². The first-order valence-electron chi connectivity index (χ1n) is 7.20. The number of carbonyl (C=O) groups is 1. The number of unbranched alkanes of at least 4 members (excludes halogenated alkanes) is 1. The zero-order valence-electron chi connectivity index (χ0n) is 12.0. The number of aromatic nitrogens is 2. The molecule has 0 bridgehead atoms. The third-order valence-electron chi connectivity index (χ3n) is 3.32. The van der Waals surface area contributed by atoms with E-state index in [9.17, 15) is 4.79 Å². The summed E-state index contributed by atoms with van der Waals surface area (Å²) in [4.78, 5) is 12.9. The Labute approximate surface area is 124 Å². The molecule has 0 unspecified atom stereocenters. The van der Waals surface area contributed by atoms with E-state index in [1.807, 2.05) is 24.3 Å². The fourth-order valence-corrected chi connectivity index (χ4v) is 2.28. The normalized spacial score (nSPS) is 10.9. The summed E-state index contributed by atoms with van der Waals surface area (Å²) >= 11 is 0. The van der Waals surface area contributed by atoms with Crippen molar-refractivity contribution in [3.8, 4) is 0 Å². The predicted octanol–water partition coefficient (Wildman–Crippen LogP) is 2.67. The summed E-state index contributed by atoms with van der Waals surface area (Å²) in [6.45, 7) is 2.52. The van der Waals surface area contributed by atoms with Crippen LogP contribution in [0.15, 0.2) is 42.6 Å². The molecule has 2 aromatic rings. The monoisotopic (exact) mass is 287 g/mol. The highest BCUT2D eigenvalue weighted by Gasteiger charge is 2.08. The average molecular weight is 287 g/mol. The van der Waals surface area contributed by atoms with Crippen LogP contribution in [0.25, 0.3) is 0 Å². The summed E-state index contributed by atoms with van der Waals surface area (Å²) < 4.78 is 0. The molecule has 0 aliphatic rings. The number of aromatic amines is 1. The molecule has 0 aliphatic heterocycles. The van der Waals surface area contributed by atoms with Gasteiger partial charge in [0, 0.05) is 31.4 Å². The number of nitrogens with one attached hydrogen (secondary N) is 1. The van der Waals surface area contributed by atoms with Crippen LogP contribution in [0.1, 0.15) is 30.5 Å². The highest BCUT2D eigenvalue weighted by molar-refractivity contribution is 5.66. The summed E-state index contributed by atoms with van der Waals surface area (Å²) in [5.74, 6) is -0.724. The number of H-pyrrole nitrogens is 1. The standard InChI is InChI=1S/C16H21N3O2/c20-16(21)8-4-5-11-19(13-15-9-10-17-18-15)12-14-6-2-1-3-7-14/h1-3,6-7,9-10H,4-5,8,11-13H2,(H,17,18)(H,20,21). The molecular weight excluding hydrogens is 266 g/mol. The van der Waals surface area contributed by atoms with E-state index in [-0.39, 0.29) is 6.42 Å². The maximum atomic E-state index is 10.6. The molecule has 0 fully saturated rings. The van der Waals surface area contributed by atoms with Crippen LogP contribution in [0.2, 0.25) is 0 Å². The van der Waals surface area contributed by atoms with Crippen LogP contribution in [0.3, 0.4) is 0 Å². The molecule has 1 heterocycles. The van der Waals surface area contributed by atoms with Gasteiger partial charge in [0.05, 0.1) is 0 Å². The van der Waals surface area contributed by atoms with Crippen LogP contribution in [-0.4, -0.2) is 32.7 Å². The lowest BCUT2D eigenvalue weighted by molar-refractivity contribution is -0.137. The second kappa shape index (κ2) is 8.21. The number of aliphatic carboxylic acids is 1. The van der Waals surface area contributed by atoms with Crippen LogP contribution in [0, 0.1) is 0 Å². The van der Waals surface area contributed by atoms with Crippen molar-refractivity contribution in [2.45, 2.75) is 32.4 Å². The minimum Gasteiger partial charge on any atom is -0.481 e. The van der Waals surface area contributed by atoms with Crippen molar-refractivity contribution in [2.75, 3.05) is 6.54 Å². The Bertz CT molecular complexity index is 526. The van der Waals surface area contributed by atoms with Crippen molar-refractivity contribution in [3.05, 3.63) is 53.9 Å². The van der Waals surface area contributed by atoms with Gasteiger partial charge in [-0.15, -0.1) is 0 Å². The molecule has 0 amide bonds. The number of benzene rings is 1. The van der Waals surface area contributed by atoms with E-state index in [1.54, 1.807) is 6.20 Å². The largest absolute Gasteiger partial charge is 0.481 e. The molecule has 0 spiro atoms. The van der Waals surface area contributed by atoms with Gasteiger partial charge in [-0.1, -0.05) is 30.3 Å². The zero-order valence-corrected chi connectivity index (χ0v) is 12.0. The summed E-state index contributed by atoms with van der Waals surface area (Å²) in [5, 5.41) is 15.6. The summed E-state index contributed by atoms with van der Waals surface area (Å²) in [6, 6.07) is 12.3. The van der Waals surface area contributed by atoms with E-state index in [0.717, 1.165) is 31.7 Å². The Morgan fingerprint density at radius 3 is 2.62 bits per heavy atom. The lowest BCUT2D eigenvalue weighted by Gasteiger charge is -2.21. The molecule has 112 valence electrons. The number of rotatable bonds is 9. The molecule has 0 atom stereocenters. The Kier molecular flexibility index (Phi) is 5.97. The molecule has 5 nitrogen and oxygen atoms in total. The Hall–Kier alpha value is -2.14. The number of hydrogen-bond donors (Lipinski definition) is 2. The maximum Gasteiger partial charge on any atom is 0.303 e. The number of carboxylic acid groups (broad SMARTS) is 1. The van der Waals surface area contributed by atoms with Crippen molar-refractivity contribution in [2.24, 2.45) is 0 Å². The van der Waals surface area contributed by atoms with Gasteiger partial charge in [-0.25, -0.2) is 0 Å². The van der Waals surface area contributed by atoms with Crippen molar-refractivity contribution in [1.82, 2.24) is 15.1 Å². The first kappa shape index (κ1) is 15.3. The molecule has 0 aliphatic carbocycles. The lowest BCUT2D eigenvalue weighted by Crippen LogP contribution is -2.24.